The maximum absolute atomic E-state index is 12.7. The first-order valence-corrected chi connectivity index (χ1v) is 10.9. The van der Waals surface area contributed by atoms with E-state index < -0.39 is 5.60 Å². The topological polar surface area (TPSA) is 88.2 Å². The number of amides is 3. The van der Waals surface area contributed by atoms with Crippen molar-refractivity contribution in [1.82, 2.24) is 15.1 Å². The van der Waals surface area contributed by atoms with Gasteiger partial charge in [-0.1, -0.05) is 30.3 Å². The molecule has 0 unspecified atom stereocenters. The maximum Gasteiger partial charge on any atom is 0.410 e. The summed E-state index contributed by atoms with van der Waals surface area (Å²) >= 11 is 0. The van der Waals surface area contributed by atoms with E-state index in [1.807, 2.05) is 51.1 Å². The highest BCUT2D eigenvalue weighted by molar-refractivity contribution is 5.85. The van der Waals surface area contributed by atoms with E-state index in [1.54, 1.807) is 9.80 Å². The molecule has 3 fully saturated rings. The number of fused-ring (bicyclic) bond motifs is 2. The molecule has 1 N–H and O–H groups in total. The summed E-state index contributed by atoms with van der Waals surface area (Å²) in [7, 11) is 0. The van der Waals surface area contributed by atoms with Gasteiger partial charge in [-0.2, -0.15) is 0 Å². The standard InChI is InChI=1S/C23H31N3O5/c1-22(2,3)31-21(29)25-11-9-23(10-12-25)18-14-26(13-17(18)19(27)24-23)20(28)30-15-16-7-5-4-6-8-16/h4-8,17-18H,9-15H2,1-3H3,(H,24,27)/t17-,18-/m0/s1. The van der Waals surface area contributed by atoms with E-state index in [-0.39, 0.29) is 42.1 Å². The second kappa shape index (κ2) is 8.05. The summed E-state index contributed by atoms with van der Waals surface area (Å²) in [6.45, 7) is 7.68. The van der Waals surface area contributed by atoms with Crippen LogP contribution in [0.2, 0.25) is 0 Å². The Kier molecular flexibility index (Phi) is 5.58. The van der Waals surface area contributed by atoms with Crippen LogP contribution in [0.3, 0.4) is 0 Å². The number of benzene rings is 1. The molecule has 168 valence electrons. The Labute approximate surface area is 182 Å². The number of likely N-dealkylation sites (tertiary alicyclic amines) is 2. The molecule has 3 amide bonds. The van der Waals surface area contributed by atoms with Gasteiger partial charge in [0.15, 0.2) is 0 Å². The molecule has 0 bridgehead atoms. The normalized spacial score (nSPS) is 24.7. The van der Waals surface area contributed by atoms with Crippen LogP contribution < -0.4 is 5.32 Å². The van der Waals surface area contributed by atoms with Crippen molar-refractivity contribution in [3.05, 3.63) is 35.9 Å². The molecule has 0 aromatic heterocycles. The van der Waals surface area contributed by atoms with Crippen molar-refractivity contribution in [2.45, 2.75) is 51.4 Å². The Morgan fingerprint density at radius 3 is 2.39 bits per heavy atom. The van der Waals surface area contributed by atoms with E-state index >= 15 is 0 Å². The van der Waals surface area contributed by atoms with Gasteiger partial charge in [0.2, 0.25) is 5.91 Å². The van der Waals surface area contributed by atoms with Crippen LogP contribution in [0.1, 0.15) is 39.2 Å². The molecule has 1 spiro atoms. The lowest BCUT2D eigenvalue weighted by Crippen LogP contribution is -2.56. The molecule has 8 heteroatoms. The minimum Gasteiger partial charge on any atom is -0.445 e. The van der Waals surface area contributed by atoms with Crippen LogP contribution in [0.5, 0.6) is 0 Å². The van der Waals surface area contributed by atoms with Gasteiger partial charge in [-0.3, -0.25) is 4.79 Å². The Balaban J connectivity index is 1.35. The Hall–Kier alpha value is -2.77. The predicted molar refractivity (Wildman–Crippen MR) is 113 cm³/mol. The quantitative estimate of drug-likeness (QED) is 0.781. The molecule has 0 aliphatic carbocycles. The molecule has 3 heterocycles. The van der Waals surface area contributed by atoms with Crippen LogP contribution in [0, 0.1) is 11.8 Å². The molecular formula is C23H31N3O5. The van der Waals surface area contributed by atoms with Crippen molar-refractivity contribution < 1.29 is 23.9 Å². The third-order valence-corrected chi connectivity index (χ3v) is 6.51. The average Bonchev–Trinajstić information content (AvgIpc) is 3.27. The van der Waals surface area contributed by atoms with Gasteiger partial charge < -0.3 is 24.6 Å². The number of rotatable bonds is 2. The minimum atomic E-state index is -0.537. The number of hydrogen-bond donors (Lipinski definition) is 1. The zero-order chi connectivity index (χ0) is 22.2. The van der Waals surface area contributed by atoms with Gasteiger partial charge in [-0.25, -0.2) is 9.59 Å². The van der Waals surface area contributed by atoms with E-state index in [0.717, 1.165) is 5.56 Å². The van der Waals surface area contributed by atoms with E-state index in [0.29, 0.717) is 39.0 Å². The van der Waals surface area contributed by atoms with Crippen molar-refractivity contribution in [2.24, 2.45) is 11.8 Å². The highest BCUT2D eigenvalue weighted by Crippen LogP contribution is 2.44. The van der Waals surface area contributed by atoms with Crippen LogP contribution in [0.15, 0.2) is 30.3 Å². The van der Waals surface area contributed by atoms with Gasteiger partial charge in [-0.05, 0) is 39.2 Å². The highest BCUT2D eigenvalue weighted by atomic mass is 16.6. The number of piperidine rings is 1. The zero-order valence-corrected chi connectivity index (χ0v) is 18.4. The largest absolute Gasteiger partial charge is 0.445 e. The molecule has 4 rings (SSSR count). The molecular weight excluding hydrogens is 398 g/mol. The van der Waals surface area contributed by atoms with Crippen LogP contribution >= 0.6 is 0 Å². The van der Waals surface area contributed by atoms with E-state index in [1.165, 1.54) is 0 Å². The Bertz CT molecular complexity index is 843. The third kappa shape index (κ3) is 4.48. The number of hydrogen-bond acceptors (Lipinski definition) is 5. The molecule has 3 saturated heterocycles. The number of carbonyl (C=O) groups is 3. The van der Waals surface area contributed by atoms with Crippen LogP contribution in [0.25, 0.3) is 0 Å². The Morgan fingerprint density at radius 1 is 1.06 bits per heavy atom. The van der Waals surface area contributed by atoms with Gasteiger partial charge in [0.25, 0.3) is 0 Å². The van der Waals surface area contributed by atoms with Crippen LogP contribution in [0.4, 0.5) is 9.59 Å². The minimum absolute atomic E-state index is 0.00548. The first-order valence-electron chi connectivity index (χ1n) is 10.9. The van der Waals surface area contributed by atoms with Gasteiger partial charge in [-0.15, -0.1) is 0 Å². The summed E-state index contributed by atoms with van der Waals surface area (Å²) in [4.78, 5) is 41.0. The molecule has 1 aromatic carbocycles. The van der Waals surface area contributed by atoms with Crippen molar-refractivity contribution in [3.63, 3.8) is 0 Å². The first-order chi connectivity index (χ1) is 14.7. The summed E-state index contributed by atoms with van der Waals surface area (Å²) in [5.74, 6) is -0.198. The number of nitrogens with one attached hydrogen (secondary N) is 1. The van der Waals surface area contributed by atoms with E-state index in [4.69, 9.17) is 9.47 Å². The molecule has 3 aliphatic heterocycles. The molecule has 1 aromatic rings. The second-order valence-electron chi connectivity index (χ2n) is 9.77. The van der Waals surface area contributed by atoms with Crippen LogP contribution in [-0.4, -0.2) is 65.2 Å². The van der Waals surface area contributed by atoms with Crippen molar-refractivity contribution in [2.75, 3.05) is 26.2 Å². The monoisotopic (exact) mass is 429 g/mol. The summed E-state index contributed by atoms with van der Waals surface area (Å²) in [5.41, 5.74) is 0.0126. The molecule has 8 nitrogen and oxygen atoms in total. The van der Waals surface area contributed by atoms with Crippen molar-refractivity contribution in [1.29, 1.82) is 0 Å². The fourth-order valence-electron chi connectivity index (χ4n) is 4.93. The van der Waals surface area contributed by atoms with Gasteiger partial charge >= 0.3 is 12.2 Å². The predicted octanol–water partition coefficient (Wildman–Crippen LogP) is 2.77. The molecule has 2 atom stereocenters. The third-order valence-electron chi connectivity index (χ3n) is 6.51. The summed E-state index contributed by atoms with van der Waals surface area (Å²) in [6, 6.07) is 9.54. The molecule has 3 aliphatic rings. The highest BCUT2D eigenvalue weighted by Gasteiger charge is 2.58. The van der Waals surface area contributed by atoms with E-state index in [9.17, 15) is 14.4 Å². The summed E-state index contributed by atoms with van der Waals surface area (Å²) in [5, 5.41) is 3.20. The number of nitrogens with zero attached hydrogens (tertiary/aromatic N) is 2. The lowest BCUT2D eigenvalue weighted by Gasteiger charge is -2.42. The number of ether oxygens (including phenoxy) is 2. The lowest BCUT2D eigenvalue weighted by molar-refractivity contribution is -0.123. The zero-order valence-electron chi connectivity index (χ0n) is 18.4. The SMILES string of the molecule is CC(C)(C)OC(=O)N1CCC2(CC1)NC(=O)[C@H]1CN(C(=O)OCc3ccccc3)C[C@@H]12. The Morgan fingerprint density at radius 2 is 1.74 bits per heavy atom. The van der Waals surface area contributed by atoms with Crippen molar-refractivity contribution in [3.8, 4) is 0 Å². The fourth-order valence-corrected chi connectivity index (χ4v) is 4.93. The molecule has 0 radical (unpaired) electrons. The van der Waals surface area contributed by atoms with E-state index in [2.05, 4.69) is 5.32 Å². The smallest absolute Gasteiger partial charge is 0.410 e. The van der Waals surface area contributed by atoms with Crippen LogP contribution in [-0.2, 0) is 20.9 Å². The van der Waals surface area contributed by atoms with Gasteiger partial charge in [0.05, 0.1) is 5.92 Å². The lowest BCUT2D eigenvalue weighted by atomic mass is 9.75. The van der Waals surface area contributed by atoms with Gasteiger partial charge in [0.1, 0.15) is 12.2 Å². The number of carbonyl (C=O) groups excluding carboxylic acids is 3. The fraction of sp³-hybridized carbons (Fsp3) is 0.609. The molecule has 31 heavy (non-hydrogen) atoms. The van der Waals surface area contributed by atoms with Crippen molar-refractivity contribution >= 4 is 18.1 Å². The summed E-state index contributed by atoms with van der Waals surface area (Å²) in [6.07, 6.45) is 0.617. The maximum atomic E-state index is 12.7. The van der Waals surface area contributed by atoms with Gasteiger partial charge in [0, 0.05) is 37.6 Å². The second-order valence-corrected chi connectivity index (χ2v) is 9.77. The summed E-state index contributed by atoms with van der Waals surface area (Å²) < 4.78 is 10.9. The first kappa shape index (κ1) is 21.5. The average molecular weight is 430 g/mol. The molecule has 0 saturated carbocycles.